The molecule has 0 amide bonds. The van der Waals surface area contributed by atoms with Crippen molar-refractivity contribution in [3.05, 3.63) is 0 Å². The number of likely N-dealkylation sites (tertiary alicyclic amines) is 1. The van der Waals surface area contributed by atoms with E-state index in [1.54, 1.807) is 0 Å². The first kappa shape index (κ1) is 15.3. The van der Waals surface area contributed by atoms with Crippen LogP contribution in [0, 0.1) is 11.3 Å². The lowest BCUT2D eigenvalue weighted by Crippen LogP contribution is -2.48. The average molecular weight is 268 g/mol. The Morgan fingerprint density at radius 2 is 1.79 bits per heavy atom. The van der Waals surface area contributed by atoms with E-state index in [1.807, 2.05) is 0 Å². The monoisotopic (exact) mass is 268 g/mol. The Hall–Kier alpha value is -0.120. The summed E-state index contributed by atoms with van der Waals surface area (Å²) in [5.74, 6) is 0.915. The molecule has 112 valence electrons. The fourth-order valence-corrected chi connectivity index (χ4v) is 3.71. The summed E-state index contributed by atoms with van der Waals surface area (Å²) in [6.45, 7) is 10.3. The summed E-state index contributed by atoms with van der Waals surface area (Å²) in [6.07, 6.45) is 7.42. The molecule has 0 aromatic heterocycles. The van der Waals surface area contributed by atoms with E-state index >= 15 is 0 Å². The Labute approximate surface area is 118 Å². The van der Waals surface area contributed by atoms with Gasteiger partial charge >= 0.3 is 0 Å². The molecule has 19 heavy (non-hydrogen) atoms. The molecular weight excluding hydrogens is 236 g/mol. The normalized spacial score (nSPS) is 34.6. The summed E-state index contributed by atoms with van der Waals surface area (Å²) in [5, 5.41) is 13.2. The van der Waals surface area contributed by atoms with Crippen molar-refractivity contribution in [1.82, 2.24) is 10.2 Å². The molecular formula is C16H32N2O. The van der Waals surface area contributed by atoms with Crippen LogP contribution in [0.2, 0.25) is 0 Å². The van der Waals surface area contributed by atoms with Crippen molar-refractivity contribution in [3.63, 3.8) is 0 Å². The molecule has 0 radical (unpaired) electrons. The lowest BCUT2D eigenvalue weighted by Gasteiger charge is -2.44. The average Bonchev–Trinajstić information content (AvgIpc) is 2.43. The van der Waals surface area contributed by atoms with Crippen LogP contribution >= 0.6 is 0 Å². The number of aliphatic hydroxyl groups is 1. The lowest BCUT2D eigenvalue weighted by atomic mass is 9.70. The smallest absolute Gasteiger partial charge is 0.0564 e. The topological polar surface area (TPSA) is 35.5 Å². The van der Waals surface area contributed by atoms with E-state index in [-0.39, 0.29) is 6.10 Å². The van der Waals surface area contributed by atoms with Gasteiger partial charge in [0.15, 0.2) is 0 Å². The summed E-state index contributed by atoms with van der Waals surface area (Å²) in [7, 11) is 0. The summed E-state index contributed by atoms with van der Waals surface area (Å²) < 4.78 is 0. The van der Waals surface area contributed by atoms with Gasteiger partial charge in [-0.05, 0) is 43.6 Å². The summed E-state index contributed by atoms with van der Waals surface area (Å²) in [4.78, 5) is 2.60. The summed E-state index contributed by atoms with van der Waals surface area (Å²) in [6, 6.07) is 0. The second-order valence-electron chi connectivity index (χ2n) is 6.97. The zero-order chi connectivity index (χ0) is 13.7. The van der Waals surface area contributed by atoms with Crippen molar-refractivity contribution in [2.45, 2.75) is 58.5 Å². The lowest BCUT2D eigenvalue weighted by molar-refractivity contribution is 0.0373. The van der Waals surface area contributed by atoms with E-state index in [2.05, 4.69) is 24.1 Å². The number of nitrogens with zero attached hydrogens (tertiary/aromatic N) is 1. The van der Waals surface area contributed by atoms with Crippen molar-refractivity contribution in [1.29, 1.82) is 0 Å². The highest BCUT2D eigenvalue weighted by Crippen LogP contribution is 2.39. The number of rotatable bonds is 5. The number of hydrogen-bond acceptors (Lipinski definition) is 3. The number of piperidine rings is 1. The van der Waals surface area contributed by atoms with Crippen LogP contribution in [0.25, 0.3) is 0 Å². The molecule has 1 aliphatic carbocycles. The van der Waals surface area contributed by atoms with Crippen molar-refractivity contribution < 1.29 is 5.11 Å². The first-order valence-corrected chi connectivity index (χ1v) is 8.25. The molecule has 2 aliphatic rings. The molecule has 1 saturated carbocycles. The third-order valence-corrected chi connectivity index (χ3v) is 5.20. The Morgan fingerprint density at radius 3 is 2.37 bits per heavy atom. The minimum absolute atomic E-state index is 0.0488. The van der Waals surface area contributed by atoms with Gasteiger partial charge in [0.2, 0.25) is 0 Å². The molecule has 0 atom stereocenters. The fourth-order valence-electron chi connectivity index (χ4n) is 3.71. The van der Waals surface area contributed by atoms with Gasteiger partial charge in [0.1, 0.15) is 0 Å². The second-order valence-corrected chi connectivity index (χ2v) is 6.97. The van der Waals surface area contributed by atoms with Gasteiger partial charge in [0, 0.05) is 26.2 Å². The Bertz CT molecular complexity index is 248. The van der Waals surface area contributed by atoms with Crippen LogP contribution in [0.3, 0.4) is 0 Å². The highest BCUT2D eigenvalue weighted by molar-refractivity contribution is 4.90. The number of nitrogens with one attached hydrogen (secondary N) is 1. The van der Waals surface area contributed by atoms with Crippen LogP contribution in [0.1, 0.15) is 52.4 Å². The van der Waals surface area contributed by atoms with Crippen LogP contribution in [0.4, 0.5) is 0 Å². The molecule has 0 aromatic carbocycles. The van der Waals surface area contributed by atoms with Crippen LogP contribution < -0.4 is 5.32 Å². The highest BCUT2D eigenvalue weighted by atomic mass is 16.3. The van der Waals surface area contributed by atoms with E-state index in [0.29, 0.717) is 5.41 Å². The second kappa shape index (κ2) is 7.05. The maximum absolute atomic E-state index is 9.63. The first-order valence-electron chi connectivity index (χ1n) is 8.25. The maximum Gasteiger partial charge on any atom is 0.0564 e. The van der Waals surface area contributed by atoms with E-state index in [4.69, 9.17) is 0 Å². The van der Waals surface area contributed by atoms with Crippen LogP contribution in [0.5, 0.6) is 0 Å². The minimum Gasteiger partial charge on any atom is -0.393 e. The van der Waals surface area contributed by atoms with Gasteiger partial charge in [-0.3, -0.25) is 0 Å². The number of hydrogen-bond donors (Lipinski definition) is 2. The Balaban J connectivity index is 1.89. The zero-order valence-corrected chi connectivity index (χ0v) is 12.8. The van der Waals surface area contributed by atoms with Crippen LogP contribution in [-0.2, 0) is 0 Å². The molecule has 0 unspecified atom stereocenters. The number of aliphatic hydroxyl groups excluding tert-OH is 1. The largest absolute Gasteiger partial charge is 0.393 e. The van der Waals surface area contributed by atoms with Gasteiger partial charge in [-0.25, -0.2) is 0 Å². The van der Waals surface area contributed by atoms with E-state index in [1.165, 1.54) is 38.8 Å². The van der Waals surface area contributed by atoms with Crippen molar-refractivity contribution >= 4 is 0 Å². The summed E-state index contributed by atoms with van der Waals surface area (Å²) in [5.41, 5.74) is 0.491. The molecule has 2 fully saturated rings. The first-order chi connectivity index (χ1) is 9.13. The molecule has 3 nitrogen and oxygen atoms in total. The van der Waals surface area contributed by atoms with Crippen LogP contribution in [0.15, 0.2) is 0 Å². The molecule has 2 N–H and O–H groups in total. The van der Waals surface area contributed by atoms with Gasteiger partial charge in [0.25, 0.3) is 0 Å². The van der Waals surface area contributed by atoms with E-state index in [9.17, 15) is 5.11 Å². The Morgan fingerprint density at radius 1 is 1.16 bits per heavy atom. The Kier molecular flexibility index (Phi) is 5.67. The predicted octanol–water partition coefficient (Wildman–Crippen LogP) is 2.25. The van der Waals surface area contributed by atoms with Crippen molar-refractivity contribution in [2.24, 2.45) is 11.3 Å². The molecule has 2 rings (SSSR count). The van der Waals surface area contributed by atoms with Gasteiger partial charge in [-0.1, -0.05) is 26.7 Å². The quantitative estimate of drug-likeness (QED) is 0.803. The predicted molar refractivity (Wildman–Crippen MR) is 80.3 cm³/mol. The SMILES string of the molecule is CCNCC1(CN2CCC(O)CC2)CCC(C)CC1. The fraction of sp³-hybridized carbons (Fsp3) is 1.00. The minimum atomic E-state index is -0.0488. The van der Waals surface area contributed by atoms with Crippen molar-refractivity contribution in [2.75, 3.05) is 32.7 Å². The molecule has 1 heterocycles. The molecule has 1 saturated heterocycles. The van der Waals surface area contributed by atoms with Crippen LogP contribution in [-0.4, -0.2) is 48.8 Å². The van der Waals surface area contributed by atoms with E-state index in [0.717, 1.165) is 38.4 Å². The van der Waals surface area contributed by atoms with Gasteiger partial charge in [0.05, 0.1) is 6.10 Å². The molecule has 0 spiro atoms. The third kappa shape index (κ3) is 4.44. The highest BCUT2D eigenvalue weighted by Gasteiger charge is 2.36. The molecule has 0 bridgehead atoms. The third-order valence-electron chi connectivity index (χ3n) is 5.20. The van der Waals surface area contributed by atoms with Gasteiger partial charge in [-0.2, -0.15) is 0 Å². The molecule has 3 heteroatoms. The zero-order valence-electron chi connectivity index (χ0n) is 12.8. The van der Waals surface area contributed by atoms with E-state index < -0.39 is 0 Å². The maximum atomic E-state index is 9.63. The molecule has 0 aromatic rings. The van der Waals surface area contributed by atoms with Gasteiger partial charge in [-0.15, -0.1) is 0 Å². The standard InChI is InChI=1S/C16H32N2O/c1-3-17-12-16(8-4-14(2)5-9-16)13-18-10-6-15(19)7-11-18/h14-15,17,19H,3-13H2,1-2H3. The summed E-state index contributed by atoms with van der Waals surface area (Å²) >= 11 is 0. The van der Waals surface area contributed by atoms with Crippen molar-refractivity contribution in [3.8, 4) is 0 Å². The molecule has 1 aliphatic heterocycles. The van der Waals surface area contributed by atoms with Gasteiger partial charge < -0.3 is 15.3 Å².